The van der Waals surface area contributed by atoms with E-state index in [1.54, 1.807) is 18.2 Å². The van der Waals surface area contributed by atoms with E-state index in [-0.39, 0.29) is 11.9 Å². The number of aromatic nitrogens is 5. The van der Waals surface area contributed by atoms with Gasteiger partial charge in [-0.3, -0.25) is 8.78 Å². The summed E-state index contributed by atoms with van der Waals surface area (Å²) < 4.78 is 64.6. The van der Waals surface area contributed by atoms with Gasteiger partial charge in [0.1, 0.15) is 11.3 Å². The number of alkyl halides is 2. The number of rotatable bonds is 8. The predicted molar refractivity (Wildman–Crippen MR) is 131 cm³/mol. The zero-order valence-electron chi connectivity index (χ0n) is 20.2. The van der Waals surface area contributed by atoms with Crippen molar-refractivity contribution in [1.29, 1.82) is 0 Å². The molecule has 0 saturated carbocycles. The Balaban J connectivity index is 1.55. The number of piperidine rings is 1. The second-order valence-electron chi connectivity index (χ2n) is 8.78. The van der Waals surface area contributed by atoms with Gasteiger partial charge in [-0.1, -0.05) is 6.07 Å². The Kier molecular flexibility index (Phi) is 7.73. The number of nitrogens with one attached hydrogen (secondary N) is 1. The zero-order chi connectivity index (χ0) is 25.9. The largest absolute Gasteiger partial charge is 0.760 e. The third-order valence-corrected chi connectivity index (χ3v) is 6.97. The third-order valence-electron chi connectivity index (χ3n) is 6.57. The summed E-state index contributed by atoms with van der Waals surface area (Å²) in [6.45, 7) is 3.67. The monoisotopic (exact) mass is 537 g/mol. The molecule has 1 N–H and O–H groups in total. The lowest BCUT2D eigenvalue weighted by Gasteiger charge is -2.33. The summed E-state index contributed by atoms with van der Waals surface area (Å²) in [6, 6.07) is 5.04. The van der Waals surface area contributed by atoms with Gasteiger partial charge < -0.3 is 23.8 Å². The molecule has 1 atom stereocenters. The molecule has 5 rings (SSSR count). The van der Waals surface area contributed by atoms with Gasteiger partial charge in [-0.05, 0) is 30.9 Å². The van der Waals surface area contributed by atoms with Crippen molar-refractivity contribution in [2.45, 2.75) is 19.3 Å². The summed E-state index contributed by atoms with van der Waals surface area (Å²) >= 11 is -2.30. The van der Waals surface area contributed by atoms with E-state index in [4.69, 9.17) is 14.5 Å². The maximum atomic E-state index is 14.2. The summed E-state index contributed by atoms with van der Waals surface area (Å²) in [5.74, 6) is 0.859. The Morgan fingerprint density at radius 1 is 1.08 bits per heavy atom. The van der Waals surface area contributed by atoms with Crippen LogP contribution in [-0.4, -0.2) is 86.3 Å². The molecule has 0 amide bonds. The number of imidazole rings is 1. The number of methoxy groups -OCH3 is 1. The number of nitrogens with zero attached hydrogens (tertiary/aromatic N) is 7. The van der Waals surface area contributed by atoms with Gasteiger partial charge in [0.25, 0.3) is 6.43 Å². The number of anilines is 2. The van der Waals surface area contributed by atoms with Crippen molar-refractivity contribution >= 4 is 34.2 Å². The van der Waals surface area contributed by atoms with E-state index in [1.807, 2.05) is 9.80 Å². The van der Waals surface area contributed by atoms with Crippen LogP contribution in [-0.2, 0) is 16.0 Å². The maximum absolute atomic E-state index is 14.2. The number of hydrogen-bond donors (Lipinski definition) is 1. The molecule has 2 aromatic heterocycles. The average molecular weight is 538 g/mol. The van der Waals surface area contributed by atoms with Crippen molar-refractivity contribution in [1.82, 2.24) is 29.2 Å². The first-order chi connectivity index (χ1) is 17.9. The smallest absolute Gasteiger partial charge is 0.296 e. The van der Waals surface area contributed by atoms with Crippen LogP contribution in [0.1, 0.15) is 25.1 Å². The van der Waals surface area contributed by atoms with E-state index < -0.39 is 23.5 Å². The Morgan fingerprint density at radius 2 is 1.73 bits per heavy atom. The van der Waals surface area contributed by atoms with Gasteiger partial charge in [0.2, 0.25) is 17.8 Å². The van der Waals surface area contributed by atoms with Crippen molar-refractivity contribution < 1.29 is 27.0 Å². The highest BCUT2D eigenvalue weighted by Gasteiger charge is 2.28. The standard InChI is InChI=1S/C22H28F2N8O4S/c1-35-16-4-2-3-15-17(16)26-19(18(23)24)32(15)22-28-20(27-21(29-22)31-9-11-36-12-10-31)30-7-5-14(6-8-30)13-25-37(33)34/h2-4,14,18,25H,5-13H2,1H3,(H,33,34)/p-1. The van der Waals surface area contributed by atoms with Crippen LogP contribution < -0.4 is 19.3 Å². The molecule has 3 aromatic rings. The highest BCUT2D eigenvalue weighted by Crippen LogP contribution is 2.32. The molecular formula is C22H27F2N8O4S-. The summed E-state index contributed by atoms with van der Waals surface area (Å²) in [6.07, 6.45) is -1.42. The van der Waals surface area contributed by atoms with E-state index in [0.717, 1.165) is 12.8 Å². The fourth-order valence-electron chi connectivity index (χ4n) is 4.63. The van der Waals surface area contributed by atoms with Crippen molar-refractivity contribution in [2.75, 3.05) is 62.8 Å². The fourth-order valence-corrected chi connectivity index (χ4v) is 5.00. The summed E-state index contributed by atoms with van der Waals surface area (Å²) in [5.41, 5.74) is 0.689. The molecule has 2 fully saturated rings. The number of para-hydroxylation sites is 1. The molecule has 200 valence electrons. The molecule has 4 heterocycles. The molecule has 2 aliphatic heterocycles. The Labute approximate surface area is 214 Å². The van der Waals surface area contributed by atoms with Crippen molar-refractivity contribution in [2.24, 2.45) is 5.92 Å². The number of ether oxygens (including phenoxy) is 2. The van der Waals surface area contributed by atoms with Gasteiger partial charge in [-0.25, -0.2) is 18.5 Å². The molecule has 37 heavy (non-hydrogen) atoms. The quantitative estimate of drug-likeness (QED) is 0.422. The van der Waals surface area contributed by atoms with Crippen LogP contribution in [0.3, 0.4) is 0 Å². The van der Waals surface area contributed by atoms with E-state index >= 15 is 0 Å². The topological polar surface area (TPSA) is 134 Å². The van der Waals surface area contributed by atoms with Gasteiger partial charge in [0.15, 0.2) is 5.82 Å². The van der Waals surface area contributed by atoms with Crippen LogP contribution in [0, 0.1) is 5.92 Å². The van der Waals surface area contributed by atoms with Crippen LogP contribution >= 0.6 is 0 Å². The van der Waals surface area contributed by atoms with E-state index in [2.05, 4.69) is 19.7 Å². The van der Waals surface area contributed by atoms with E-state index in [9.17, 15) is 17.5 Å². The lowest BCUT2D eigenvalue weighted by atomic mass is 9.97. The van der Waals surface area contributed by atoms with Crippen LogP contribution in [0.2, 0.25) is 0 Å². The number of fused-ring (bicyclic) bond motifs is 1. The fraction of sp³-hybridized carbons (Fsp3) is 0.545. The highest BCUT2D eigenvalue weighted by atomic mass is 32.2. The van der Waals surface area contributed by atoms with Gasteiger partial charge in [-0.15, -0.1) is 0 Å². The zero-order valence-corrected chi connectivity index (χ0v) is 21.0. The Bertz CT molecular complexity index is 1260. The molecule has 2 aliphatic rings. The summed E-state index contributed by atoms with van der Waals surface area (Å²) in [7, 11) is 1.46. The van der Waals surface area contributed by atoms with Gasteiger partial charge in [0, 0.05) is 44.0 Å². The summed E-state index contributed by atoms with van der Waals surface area (Å²) in [5, 5.41) is 0. The number of morpholine rings is 1. The van der Waals surface area contributed by atoms with Gasteiger partial charge >= 0.3 is 0 Å². The lowest BCUT2D eigenvalue weighted by molar-refractivity contribution is 0.122. The predicted octanol–water partition coefficient (Wildman–Crippen LogP) is 1.59. The van der Waals surface area contributed by atoms with E-state index in [0.29, 0.717) is 74.6 Å². The minimum Gasteiger partial charge on any atom is -0.760 e. The molecule has 0 radical (unpaired) electrons. The molecule has 1 aromatic carbocycles. The maximum Gasteiger partial charge on any atom is 0.296 e. The van der Waals surface area contributed by atoms with Gasteiger partial charge in [-0.2, -0.15) is 15.0 Å². The molecule has 0 bridgehead atoms. The first-order valence-corrected chi connectivity index (χ1v) is 13.0. The minimum atomic E-state index is -2.88. The number of benzene rings is 1. The first-order valence-electron chi connectivity index (χ1n) is 11.9. The van der Waals surface area contributed by atoms with Crippen LogP contribution in [0.5, 0.6) is 5.75 Å². The molecular weight excluding hydrogens is 510 g/mol. The number of halogens is 2. The molecule has 15 heteroatoms. The number of hydrogen-bond acceptors (Lipinski definition) is 10. The highest BCUT2D eigenvalue weighted by molar-refractivity contribution is 7.77. The SMILES string of the molecule is COc1cccc2c1nc(C(F)F)n2-c1nc(N2CCOCC2)nc(N2CCC(CNS(=O)[O-])CC2)n1. The Hall–Kier alpha value is -3.01. The molecule has 12 nitrogen and oxygen atoms in total. The second-order valence-corrected chi connectivity index (χ2v) is 9.54. The van der Waals surface area contributed by atoms with Crippen LogP contribution in [0.25, 0.3) is 17.0 Å². The minimum absolute atomic E-state index is 0.0445. The van der Waals surface area contributed by atoms with Crippen LogP contribution in [0.15, 0.2) is 18.2 Å². The molecule has 1 unspecified atom stereocenters. The molecule has 0 aliphatic carbocycles. The van der Waals surface area contributed by atoms with Gasteiger partial charge in [0.05, 0.1) is 25.8 Å². The first kappa shape index (κ1) is 25.6. The van der Waals surface area contributed by atoms with Crippen molar-refractivity contribution in [3.63, 3.8) is 0 Å². The second kappa shape index (κ2) is 11.2. The van der Waals surface area contributed by atoms with Crippen molar-refractivity contribution in [3.05, 3.63) is 24.0 Å². The average Bonchev–Trinajstić information content (AvgIpc) is 3.33. The third kappa shape index (κ3) is 5.49. The Morgan fingerprint density at radius 3 is 2.35 bits per heavy atom. The molecule has 2 saturated heterocycles. The summed E-state index contributed by atoms with van der Waals surface area (Å²) in [4.78, 5) is 22.0. The molecule has 0 spiro atoms. The van der Waals surface area contributed by atoms with Crippen LogP contribution in [0.4, 0.5) is 20.7 Å². The van der Waals surface area contributed by atoms with Crippen molar-refractivity contribution in [3.8, 4) is 11.7 Å². The normalized spacial score (nSPS) is 18.1. The van der Waals surface area contributed by atoms with E-state index in [1.165, 1.54) is 11.7 Å². The lowest BCUT2D eigenvalue weighted by Crippen LogP contribution is -2.40.